The number of esters is 1. The number of allylic oxidation sites excluding steroid dienone is 1. The van der Waals surface area contributed by atoms with E-state index in [-0.39, 0.29) is 29.8 Å². The minimum Gasteiger partial charge on any atom is -0.460 e. The second kappa shape index (κ2) is 10.5. The first-order chi connectivity index (χ1) is 17.1. The van der Waals surface area contributed by atoms with Crippen LogP contribution in [0, 0.1) is 0 Å². The summed E-state index contributed by atoms with van der Waals surface area (Å²) in [5.74, 6) is -0.551. The molecule has 0 saturated carbocycles. The third-order valence-corrected chi connectivity index (χ3v) is 7.36. The smallest absolute Gasteiger partial charge is 0.338 e. The summed E-state index contributed by atoms with van der Waals surface area (Å²) in [6.07, 6.45) is 1.86. The number of hydrogen-bond acceptors (Lipinski definition) is 6. The summed E-state index contributed by atoms with van der Waals surface area (Å²) in [7, 11) is 1.53. The molecule has 1 aliphatic heterocycles. The maximum absolute atomic E-state index is 13.7. The van der Waals surface area contributed by atoms with Crippen molar-refractivity contribution in [3.8, 4) is 0 Å². The molecule has 0 bridgehead atoms. The van der Waals surface area contributed by atoms with Crippen molar-refractivity contribution in [1.82, 2.24) is 4.57 Å². The molecule has 1 atom stereocenters. The van der Waals surface area contributed by atoms with Crippen molar-refractivity contribution in [1.29, 1.82) is 0 Å². The Balaban J connectivity index is 1.86. The molecule has 2 heterocycles. The fraction of sp³-hybridized carbons (Fsp3) is 0.321. The van der Waals surface area contributed by atoms with Gasteiger partial charge in [0.1, 0.15) is 12.6 Å². The van der Waals surface area contributed by atoms with E-state index in [4.69, 9.17) is 21.1 Å². The Morgan fingerprint density at radius 1 is 1.14 bits per heavy atom. The Morgan fingerprint density at radius 3 is 2.47 bits per heavy atom. The van der Waals surface area contributed by atoms with Gasteiger partial charge in [-0.3, -0.25) is 9.36 Å². The molecule has 0 radical (unpaired) electrons. The first-order valence-corrected chi connectivity index (χ1v) is 12.8. The molecule has 188 valence electrons. The lowest BCUT2D eigenvalue weighted by molar-refractivity contribution is -0.140. The monoisotopic (exact) mass is 524 g/mol. The van der Waals surface area contributed by atoms with Gasteiger partial charge >= 0.3 is 5.97 Å². The topological polar surface area (TPSA) is 69.9 Å². The minimum absolute atomic E-state index is 0.0403. The molecular formula is C28H29ClN2O4S. The van der Waals surface area contributed by atoms with Gasteiger partial charge in [-0.2, -0.15) is 0 Å². The van der Waals surface area contributed by atoms with E-state index < -0.39 is 12.0 Å². The molecule has 0 fully saturated rings. The van der Waals surface area contributed by atoms with E-state index in [2.05, 4.69) is 37.9 Å². The number of aromatic nitrogens is 1. The molecule has 1 aromatic heterocycles. The van der Waals surface area contributed by atoms with E-state index in [1.807, 2.05) is 36.4 Å². The fourth-order valence-corrected chi connectivity index (χ4v) is 5.39. The van der Waals surface area contributed by atoms with E-state index in [0.717, 1.165) is 5.56 Å². The van der Waals surface area contributed by atoms with E-state index >= 15 is 0 Å². The van der Waals surface area contributed by atoms with Crippen LogP contribution in [0.5, 0.6) is 0 Å². The number of nitrogens with zero attached hydrogens (tertiary/aromatic N) is 2. The SMILES string of the molecule is COCCOC(=O)C1=C(C)N=c2s/c(=C\c3ccc(C(C)(C)C)cc3)c(=O)n2[C@@H]1c1ccccc1Cl. The maximum Gasteiger partial charge on any atom is 0.338 e. The van der Waals surface area contributed by atoms with Crippen LogP contribution < -0.4 is 14.9 Å². The number of thiazole rings is 1. The zero-order valence-corrected chi connectivity index (χ0v) is 22.6. The Labute approximate surface area is 219 Å². The normalized spacial score (nSPS) is 16.1. The largest absolute Gasteiger partial charge is 0.460 e. The second-order valence-corrected chi connectivity index (χ2v) is 11.0. The van der Waals surface area contributed by atoms with Crippen LogP contribution in [0.1, 0.15) is 50.4 Å². The molecule has 0 N–H and O–H groups in total. The van der Waals surface area contributed by atoms with Crippen LogP contribution in [0.2, 0.25) is 5.02 Å². The van der Waals surface area contributed by atoms with Crippen molar-refractivity contribution in [3.05, 3.63) is 101 Å². The van der Waals surface area contributed by atoms with Crippen molar-refractivity contribution in [2.24, 2.45) is 4.99 Å². The number of ether oxygens (including phenoxy) is 2. The molecule has 2 aromatic carbocycles. The number of carbonyl (C=O) groups is 1. The van der Waals surface area contributed by atoms with Gasteiger partial charge in [-0.25, -0.2) is 9.79 Å². The maximum atomic E-state index is 13.7. The number of hydrogen-bond donors (Lipinski definition) is 0. The van der Waals surface area contributed by atoms with Crippen LogP contribution in [-0.4, -0.2) is 30.9 Å². The van der Waals surface area contributed by atoms with Crippen LogP contribution in [0.4, 0.5) is 0 Å². The van der Waals surface area contributed by atoms with Gasteiger partial charge in [-0.1, -0.05) is 86.2 Å². The Morgan fingerprint density at radius 2 is 1.83 bits per heavy atom. The van der Waals surface area contributed by atoms with Gasteiger partial charge in [0, 0.05) is 12.1 Å². The average molecular weight is 525 g/mol. The highest BCUT2D eigenvalue weighted by atomic mass is 35.5. The third-order valence-electron chi connectivity index (χ3n) is 6.04. The third kappa shape index (κ3) is 5.24. The van der Waals surface area contributed by atoms with Gasteiger partial charge in [0.2, 0.25) is 0 Å². The van der Waals surface area contributed by atoms with Gasteiger partial charge in [0.15, 0.2) is 4.80 Å². The number of fused-ring (bicyclic) bond motifs is 1. The standard InChI is InChI=1S/C28H29ClN2O4S/c1-17-23(26(33)35-15-14-34-5)24(20-8-6-7-9-21(20)29)31-25(32)22(36-27(31)30-17)16-18-10-12-19(13-11-18)28(2,3)4/h6-13,16,24H,14-15H2,1-5H3/b22-16-/t24-/m1/s1. The Bertz CT molecular complexity index is 1490. The highest BCUT2D eigenvalue weighted by Gasteiger charge is 2.34. The summed E-state index contributed by atoms with van der Waals surface area (Å²) in [5, 5.41) is 0.451. The van der Waals surface area contributed by atoms with Crippen LogP contribution in [0.25, 0.3) is 6.08 Å². The van der Waals surface area contributed by atoms with Crippen LogP contribution in [-0.2, 0) is 19.7 Å². The molecule has 1 aliphatic rings. The summed E-state index contributed by atoms with van der Waals surface area (Å²) < 4.78 is 12.5. The van der Waals surface area contributed by atoms with Crippen molar-refractivity contribution < 1.29 is 14.3 Å². The number of halogens is 1. The van der Waals surface area contributed by atoms with Crippen LogP contribution >= 0.6 is 22.9 Å². The van der Waals surface area contributed by atoms with Gasteiger partial charge < -0.3 is 9.47 Å². The van der Waals surface area contributed by atoms with Gasteiger partial charge in [0.25, 0.3) is 5.56 Å². The first kappa shape index (κ1) is 26.1. The van der Waals surface area contributed by atoms with E-state index in [9.17, 15) is 9.59 Å². The molecule has 3 aromatic rings. The zero-order valence-electron chi connectivity index (χ0n) is 21.0. The molecule has 0 spiro atoms. The molecule has 4 rings (SSSR count). The van der Waals surface area contributed by atoms with Gasteiger partial charge in [-0.05, 0) is 41.2 Å². The second-order valence-electron chi connectivity index (χ2n) is 9.60. The molecule has 36 heavy (non-hydrogen) atoms. The molecule has 0 aliphatic carbocycles. The van der Waals surface area contributed by atoms with Crippen molar-refractivity contribution in [2.75, 3.05) is 20.3 Å². The lowest BCUT2D eigenvalue weighted by Gasteiger charge is -2.25. The zero-order chi connectivity index (χ0) is 26.0. The Kier molecular flexibility index (Phi) is 7.64. The summed E-state index contributed by atoms with van der Waals surface area (Å²) in [5.41, 5.74) is 3.34. The molecule has 0 saturated heterocycles. The molecule has 8 heteroatoms. The summed E-state index contributed by atoms with van der Waals surface area (Å²) in [4.78, 5) is 32.0. The number of benzene rings is 2. The highest BCUT2D eigenvalue weighted by Crippen LogP contribution is 2.34. The van der Waals surface area contributed by atoms with E-state index in [1.165, 1.54) is 24.0 Å². The highest BCUT2D eigenvalue weighted by molar-refractivity contribution is 7.07. The average Bonchev–Trinajstić information content (AvgIpc) is 3.13. The first-order valence-electron chi connectivity index (χ1n) is 11.7. The lowest BCUT2D eigenvalue weighted by Crippen LogP contribution is -2.40. The van der Waals surface area contributed by atoms with Crippen molar-refractivity contribution in [2.45, 2.75) is 39.2 Å². The fourth-order valence-electron chi connectivity index (χ4n) is 4.10. The summed E-state index contributed by atoms with van der Waals surface area (Å²) in [6, 6.07) is 14.6. The van der Waals surface area contributed by atoms with Crippen molar-refractivity contribution >= 4 is 35.0 Å². The van der Waals surface area contributed by atoms with Crippen LogP contribution in [0.15, 0.2) is 69.6 Å². The Hall–Kier alpha value is -3.00. The summed E-state index contributed by atoms with van der Waals surface area (Å²) in [6.45, 7) is 8.59. The van der Waals surface area contributed by atoms with Crippen molar-refractivity contribution in [3.63, 3.8) is 0 Å². The molecule has 0 unspecified atom stereocenters. The number of carbonyl (C=O) groups excluding carboxylic acids is 1. The van der Waals surface area contributed by atoms with E-state index in [0.29, 0.717) is 25.6 Å². The van der Waals surface area contributed by atoms with Crippen LogP contribution in [0.3, 0.4) is 0 Å². The predicted octanol–water partition coefficient (Wildman–Crippen LogP) is 4.38. The summed E-state index contributed by atoms with van der Waals surface area (Å²) >= 11 is 7.85. The molecule has 0 amide bonds. The lowest BCUT2D eigenvalue weighted by atomic mass is 9.87. The number of rotatable bonds is 6. The van der Waals surface area contributed by atoms with Gasteiger partial charge in [-0.15, -0.1) is 0 Å². The predicted molar refractivity (Wildman–Crippen MR) is 143 cm³/mol. The van der Waals surface area contributed by atoms with Gasteiger partial charge in [0.05, 0.1) is 22.4 Å². The van der Waals surface area contributed by atoms with E-state index in [1.54, 1.807) is 17.6 Å². The molecule has 6 nitrogen and oxygen atoms in total. The molecular weight excluding hydrogens is 496 g/mol. The minimum atomic E-state index is -0.754. The number of methoxy groups -OCH3 is 1. The quantitative estimate of drug-likeness (QED) is 0.354.